The van der Waals surface area contributed by atoms with Gasteiger partial charge in [0, 0.05) is 12.1 Å². The van der Waals surface area contributed by atoms with E-state index in [1.165, 1.54) is 12.8 Å². The SMILES string of the molecule is Nc1noc([C@@H]2CC3CC[C@H]2N3)n1. The second-order valence-electron chi connectivity index (χ2n) is 3.88. The van der Waals surface area contributed by atoms with Crippen molar-refractivity contribution in [3.8, 4) is 0 Å². The van der Waals surface area contributed by atoms with Gasteiger partial charge in [-0.1, -0.05) is 0 Å². The van der Waals surface area contributed by atoms with Gasteiger partial charge in [0.15, 0.2) is 0 Å². The Morgan fingerprint density at radius 2 is 2.38 bits per heavy atom. The van der Waals surface area contributed by atoms with Crippen molar-refractivity contribution in [2.75, 3.05) is 5.73 Å². The summed E-state index contributed by atoms with van der Waals surface area (Å²) in [5.41, 5.74) is 5.41. The first-order valence-corrected chi connectivity index (χ1v) is 4.68. The van der Waals surface area contributed by atoms with Gasteiger partial charge in [0.1, 0.15) is 0 Å². The van der Waals surface area contributed by atoms with Gasteiger partial charge < -0.3 is 15.6 Å². The van der Waals surface area contributed by atoms with Gasteiger partial charge in [0.05, 0.1) is 5.92 Å². The van der Waals surface area contributed by atoms with Crippen molar-refractivity contribution in [2.45, 2.75) is 37.3 Å². The zero-order valence-electron chi connectivity index (χ0n) is 7.23. The monoisotopic (exact) mass is 180 g/mol. The number of nitrogen functional groups attached to an aromatic ring is 1. The fourth-order valence-electron chi connectivity index (χ4n) is 2.49. The highest BCUT2D eigenvalue weighted by Crippen LogP contribution is 2.39. The van der Waals surface area contributed by atoms with Gasteiger partial charge in [0.2, 0.25) is 5.89 Å². The van der Waals surface area contributed by atoms with Crippen LogP contribution in [0.4, 0.5) is 5.95 Å². The van der Waals surface area contributed by atoms with Crippen molar-refractivity contribution in [1.29, 1.82) is 0 Å². The van der Waals surface area contributed by atoms with Gasteiger partial charge in [-0.2, -0.15) is 4.98 Å². The molecule has 0 saturated carbocycles. The van der Waals surface area contributed by atoms with Crippen molar-refractivity contribution in [2.24, 2.45) is 0 Å². The van der Waals surface area contributed by atoms with Gasteiger partial charge >= 0.3 is 0 Å². The predicted octanol–water partition coefficient (Wildman–Crippen LogP) is 0.260. The lowest BCUT2D eigenvalue weighted by molar-refractivity contribution is 0.330. The van der Waals surface area contributed by atoms with Crippen LogP contribution in [0.3, 0.4) is 0 Å². The van der Waals surface area contributed by atoms with E-state index in [0.717, 1.165) is 6.42 Å². The molecule has 5 heteroatoms. The van der Waals surface area contributed by atoms with E-state index in [9.17, 15) is 0 Å². The van der Waals surface area contributed by atoms with E-state index in [2.05, 4.69) is 15.5 Å². The van der Waals surface area contributed by atoms with Gasteiger partial charge in [-0.15, -0.1) is 0 Å². The minimum atomic E-state index is 0.248. The van der Waals surface area contributed by atoms with E-state index >= 15 is 0 Å². The highest BCUT2D eigenvalue weighted by molar-refractivity contribution is 5.16. The van der Waals surface area contributed by atoms with Crippen LogP contribution in [0.5, 0.6) is 0 Å². The van der Waals surface area contributed by atoms with E-state index in [0.29, 0.717) is 23.9 Å². The molecule has 0 aliphatic carbocycles. The van der Waals surface area contributed by atoms with Crippen LogP contribution in [-0.2, 0) is 0 Å². The molecular formula is C8H12N4O. The van der Waals surface area contributed by atoms with Crippen molar-refractivity contribution >= 4 is 5.95 Å². The van der Waals surface area contributed by atoms with E-state index in [1.807, 2.05) is 0 Å². The smallest absolute Gasteiger partial charge is 0.260 e. The normalized spacial score (nSPS) is 37.1. The Morgan fingerprint density at radius 1 is 1.46 bits per heavy atom. The van der Waals surface area contributed by atoms with Crippen LogP contribution in [-0.4, -0.2) is 22.2 Å². The number of nitrogens with zero attached hydrogens (tertiary/aromatic N) is 2. The van der Waals surface area contributed by atoms with Crippen LogP contribution in [0.2, 0.25) is 0 Å². The summed E-state index contributed by atoms with van der Waals surface area (Å²) in [6.45, 7) is 0. The van der Waals surface area contributed by atoms with Crippen molar-refractivity contribution in [1.82, 2.24) is 15.5 Å². The molecule has 3 N–H and O–H groups in total. The van der Waals surface area contributed by atoms with Crippen LogP contribution in [0, 0.1) is 0 Å². The summed E-state index contributed by atoms with van der Waals surface area (Å²) in [6.07, 6.45) is 3.62. The first-order valence-electron chi connectivity index (χ1n) is 4.68. The first kappa shape index (κ1) is 7.32. The molecule has 1 aromatic heterocycles. The van der Waals surface area contributed by atoms with Crippen LogP contribution >= 0.6 is 0 Å². The fraction of sp³-hybridized carbons (Fsp3) is 0.750. The molecule has 1 aromatic rings. The number of hydrogen-bond acceptors (Lipinski definition) is 5. The quantitative estimate of drug-likeness (QED) is 0.648. The molecular weight excluding hydrogens is 168 g/mol. The van der Waals surface area contributed by atoms with E-state index in [4.69, 9.17) is 10.3 Å². The first-order chi connectivity index (χ1) is 6.33. The molecule has 3 atom stereocenters. The maximum atomic E-state index is 5.41. The summed E-state index contributed by atoms with van der Waals surface area (Å²) in [6, 6.07) is 1.19. The summed E-state index contributed by atoms with van der Waals surface area (Å²) < 4.78 is 5.07. The Labute approximate surface area is 75.7 Å². The third-order valence-corrected chi connectivity index (χ3v) is 3.07. The minimum absolute atomic E-state index is 0.248. The van der Waals surface area contributed by atoms with E-state index < -0.39 is 0 Å². The highest BCUT2D eigenvalue weighted by atomic mass is 16.5. The molecule has 2 aliphatic heterocycles. The van der Waals surface area contributed by atoms with Crippen LogP contribution < -0.4 is 11.1 Å². The second kappa shape index (κ2) is 2.45. The molecule has 2 bridgehead atoms. The maximum absolute atomic E-state index is 5.41. The van der Waals surface area contributed by atoms with Crippen molar-refractivity contribution < 1.29 is 4.52 Å². The molecule has 1 unspecified atom stereocenters. The summed E-state index contributed by atoms with van der Waals surface area (Å²) in [4.78, 5) is 4.07. The lowest BCUT2D eigenvalue weighted by atomic mass is 9.89. The lowest BCUT2D eigenvalue weighted by Crippen LogP contribution is -2.21. The molecule has 3 rings (SSSR count). The maximum Gasteiger partial charge on any atom is 0.260 e. The summed E-state index contributed by atoms with van der Waals surface area (Å²) in [7, 11) is 0. The predicted molar refractivity (Wildman–Crippen MR) is 46.0 cm³/mol. The number of nitrogens with two attached hydrogens (primary N) is 1. The largest absolute Gasteiger partial charge is 0.365 e. The molecule has 13 heavy (non-hydrogen) atoms. The molecule has 2 saturated heterocycles. The Bertz CT molecular complexity index is 324. The minimum Gasteiger partial charge on any atom is -0.365 e. The standard InChI is InChI=1S/C8H12N4O/c9-8-11-7(13-12-8)5-3-4-1-2-6(5)10-4/h4-6,10H,1-3H2,(H2,9,12)/t4?,5-,6-/m1/s1. The molecule has 0 amide bonds. The van der Waals surface area contributed by atoms with Crippen LogP contribution in [0.15, 0.2) is 4.52 Å². The Morgan fingerprint density at radius 3 is 2.92 bits per heavy atom. The Balaban J connectivity index is 1.87. The van der Waals surface area contributed by atoms with Gasteiger partial charge in [0.25, 0.3) is 5.95 Å². The molecule has 0 radical (unpaired) electrons. The van der Waals surface area contributed by atoms with Crippen LogP contribution in [0.1, 0.15) is 31.1 Å². The number of nitrogens with one attached hydrogen (secondary N) is 1. The lowest BCUT2D eigenvalue weighted by Gasteiger charge is -2.15. The number of rotatable bonds is 1. The van der Waals surface area contributed by atoms with Gasteiger partial charge in [-0.25, -0.2) is 0 Å². The molecule has 2 aliphatic rings. The molecule has 2 fully saturated rings. The number of aromatic nitrogens is 2. The second-order valence-corrected chi connectivity index (χ2v) is 3.88. The summed E-state index contributed by atoms with van der Waals surface area (Å²) in [5, 5.41) is 7.13. The summed E-state index contributed by atoms with van der Waals surface area (Å²) in [5.74, 6) is 1.35. The zero-order valence-corrected chi connectivity index (χ0v) is 7.23. The van der Waals surface area contributed by atoms with E-state index in [-0.39, 0.29) is 5.95 Å². The van der Waals surface area contributed by atoms with Gasteiger partial charge in [-0.05, 0) is 24.4 Å². The number of hydrogen-bond donors (Lipinski definition) is 2. The van der Waals surface area contributed by atoms with Gasteiger partial charge in [-0.3, -0.25) is 0 Å². The third-order valence-electron chi connectivity index (χ3n) is 3.07. The average molecular weight is 180 g/mol. The van der Waals surface area contributed by atoms with Crippen LogP contribution in [0.25, 0.3) is 0 Å². The zero-order chi connectivity index (χ0) is 8.84. The molecule has 5 nitrogen and oxygen atoms in total. The topological polar surface area (TPSA) is 77.0 Å². The Kier molecular flexibility index (Phi) is 1.38. The molecule has 3 heterocycles. The molecule has 0 aromatic carbocycles. The fourth-order valence-corrected chi connectivity index (χ4v) is 2.49. The molecule has 0 spiro atoms. The Hall–Kier alpha value is -1.10. The highest BCUT2D eigenvalue weighted by Gasteiger charge is 2.42. The van der Waals surface area contributed by atoms with Crippen molar-refractivity contribution in [3.05, 3.63) is 5.89 Å². The summed E-state index contributed by atoms with van der Waals surface area (Å²) >= 11 is 0. The number of anilines is 1. The molecule has 70 valence electrons. The van der Waals surface area contributed by atoms with Crippen molar-refractivity contribution in [3.63, 3.8) is 0 Å². The van der Waals surface area contributed by atoms with E-state index in [1.54, 1.807) is 0 Å². The third kappa shape index (κ3) is 1.03. The average Bonchev–Trinajstić information content (AvgIpc) is 2.77. The number of fused-ring (bicyclic) bond motifs is 2.